The molecular formula is C19H24FN2O3+. The largest absolute Gasteiger partial charge is 0.497 e. The summed E-state index contributed by atoms with van der Waals surface area (Å²) in [4.78, 5) is 13.3. The van der Waals surface area contributed by atoms with Crippen molar-refractivity contribution in [3.63, 3.8) is 0 Å². The molecule has 2 N–H and O–H groups in total. The standard InChI is InChI=1S/C19H23FN2O3/c1-4-22(12-14-5-10-18(25-3)17(20)11-14)13-19(23)21-15-6-8-16(24-2)9-7-15/h5-11H,4,12-13H2,1-3H3,(H,21,23)/p+1. The zero-order valence-electron chi connectivity index (χ0n) is 14.8. The molecule has 0 aliphatic carbocycles. The summed E-state index contributed by atoms with van der Waals surface area (Å²) in [5.74, 6) is 0.480. The van der Waals surface area contributed by atoms with Gasteiger partial charge >= 0.3 is 0 Å². The number of ether oxygens (including phenoxy) is 2. The molecule has 1 amide bonds. The third-order valence-corrected chi connectivity index (χ3v) is 3.95. The highest BCUT2D eigenvalue weighted by molar-refractivity contribution is 5.91. The second-order valence-electron chi connectivity index (χ2n) is 5.70. The second-order valence-corrected chi connectivity index (χ2v) is 5.70. The zero-order chi connectivity index (χ0) is 18.2. The van der Waals surface area contributed by atoms with Crippen LogP contribution in [0.2, 0.25) is 0 Å². The van der Waals surface area contributed by atoms with Gasteiger partial charge in [-0.25, -0.2) is 4.39 Å². The Morgan fingerprint density at radius 3 is 2.40 bits per heavy atom. The average molecular weight is 347 g/mol. The monoisotopic (exact) mass is 347 g/mol. The first kappa shape index (κ1) is 18.7. The normalized spacial score (nSPS) is 11.7. The number of hydrogen-bond donors (Lipinski definition) is 2. The molecular weight excluding hydrogens is 323 g/mol. The topological polar surface area (TPSA) is 52.0 Å². The van der Waals surface area contributed by atoms with Gasteiger partial charge in [-0.1, -0.05) is 0 Å². The highest BCUT2D eigenvalue weighted by atomic mass is 19.1. The minimum Gasteiger partial charge on any atom is -0.497 e. The highest BCUT2D eigenvalue weighted by Crippen LogP contribution is 2.17. The molecule has 2 rings (SSSR count). The molecule has 1 unspecified atom stereocenters. The number of carbonyl (C=O) groups excluding carboxylic acids is 1. The molecule has 6 heteroatoms. The number of rotatable bonds is 8. The SMILES string of the molecule is CC[NH+](CC(=O)Nc1ccc(OC)cc1)Cc1ccc(OC)c(F)c1. The van der Waals surface area contributed by atoms with Crippen molar-refractivity contribution in [1.82, 2.24) is 0 Å². The van der Waals surface area contributed by atoms with E-state index in [1.54, 1.807) is 37.4 Å². The minimum absolute atomic E-state index is 0.0870. The number of quaternary nitrogens is 1. The van der Waals surface area contributed by atoms with Crippen LogP contribution in [0.3, 0.4) is 0 Å². The predicted octanol–water partition coefficient (Wildman–Crippen LogP) is 1.89. The Balaban J connectivity index is 1.93. The van der Waals surface area contributed by atoms with Crippen molar-refractivity contribution >= 4 is 11.6 Å². The van der Waals surface area contributed by atoms with Crippen LogP contribution in [0.15, 0.2) is 42.5 Å². The number of likely N-dealkylation sites (N-methyl/N-ethyl adjacent to an activating group) is 1. The van der Waals surface area contributed by atoms with Crippen LogP contribution in [0, 0.1) is 5.82 Å². The summed E-state index contributed by atoms with van der Waals surface area (Å²) in [7, 11) is 3.03. The fourth-order valence-electron chi connectivity index (χ4n) is 2.53. The van der Waals surface area contributed by atoms with Crippen molar-refractivity contribution in [2.75, 3.05) is 32.6 Å². The number of halogens is 1. The molecule has 2 aromatic rings. The van der Waals surface area contributed by atoms with Crippen LogP contribution >= 0.6 is 0 Å². The summed E-state index contributed by atoms with van der Waals surface area (Å²) < 4.78 is 23.8. The Morgan fingerprint density at radius 2 is 1.84 bits per heavy atom. The van der Waals surface area contributed by atoms with Gasteiger partial charge in [0, 0.05) is 11.3 Å². The highest BCUT2D eigenvalue weighted by Gasteiger charge is 2.15. The van der Waals surface area contributed by atoms with E-state index in [0.29, 0.717) is 13.1 Å². The van der Waals surface area contributed by atoms with Gasteiger partial charge < -0.3 is 19.7 Å². The molecule has 0 aliphatic heterocycles. The second kappa shape index (κ2) is 9.03. The van der Waals surface area contributed by atoms with E-state index in [2.05, 4.69) is 5.32 Å². The van der Waals surface area contributed by atoms with Gasteiger partial charge in [0.15, 0.2) is 18.1 Å². The third kappa shape index (κ3) is 5.46. The van der Waals surface area contributed by atoms with Crippen LogP contribution in [0.1, 0.15) is 12.5 Å². The lowest BCUT2D eigenvalue weighted by Crippen LogP contribution is -3.11. The van der Waals surface area contributed by atoms with Crippen LogP contribution in [-0.2, 0) is 11.3 Å². The summed E-state index contributed by atoms with van der Waals surface area (Å²) in [6.45, 7) is 3.61. The molecule has 0 aliphatic rings. The zero-order valence-corrected chi connectivity index (χ0v) is 14.8. The van der Waals surface area contributed by atoms with E-state index in [4.69, 9.17) is 9.47 Å². The van der Waals surface area contributed by atoms with Crippen LogP contribution in [0.4, 0.5) is 10.1 Å². The van der Waals surface area contributed by atoms with E-state index in [1.165, 1.54) is 13.2 Å². The van der Waals surface area contributed by atoms with Crippen molar-refractivity contribution in [3.05, 3.63) is 53.8 Å². The van der Waals surface area contributed by atoms with Gasteiger partial charge in [-0.3, -0.25) is 4.79 Å². The minimum atomic E-state index is -0.391. The Labute approximate surface area is 147 Å². The summed E-state index contributed by atoms with van der Waals surface area (Å²) >= 11 is 0. The van der Waals surface area contributed by atoms with Gasteiger partial charge in [-0.2, -0.15) is 0 Å². The maximum Gasteiger partial charge on any atom is 0.279 e. The molecule has 0 saturated carbocycles. The van der Waals surface area contributed by atoms with Crippen LogP contribution in [-0.4, -0.2) is 33.2 Å². The lowest BCUT2D eigenvalue weighted by atomic mass is 10.2. The molecule has 0 heterocycles. The number of carbonyl (C=O) groups is 1. The van der Waals surface area contributed by atoms with E-state index >= 15 is 0 Å². The van der Waals surface area contributed by atoms with Gasteiger partial charge in [0.1, 0.15) is 12.3 Å². The Kier molecular flexibility index (Phi) is 6.77. The first-order valence-electron chi connectivity index (χ1n) is 8.15. The van der Waals surface area contributed by atoms with Gasteiger partial charge in [0.25, 0.3) is 5.91 Å². The van der Waals surface area contributed by atoms with Gasteiger partial charge in [-0.05, 0) is 49.4 Å². The lowest BCUT2D eigenvalue weighted by Gasteiger charge is -2.17. The lowest BCUT2D eigenvalue weighted by molar-refractivity contribution is -0.903. The molecule has 2 aromatic carbocycles. The number of nitrogens with one attached hydrogen (secondary N) is 2. The fraction of sp³-hybridized carbons (Fsp3) is 0.316. The average Bonchev–Trinajstić information content (AvgIpc) is 2.62. The molecule has 1 atom stereocenters. The van der Waals surface area contributed by atoms with Crippen molar-refractivity contribution < 1.29 is 23.6 Å². The maximum atomic E-state index is 13.8. The number of methoxy groups -OCH3 is 2. The molecule has 0 bridgehead atoms. The molecule has 0 fully saturated rings. The third-order valence-electron chi connectivity index (χ3n) is 3.95. The van der Waals surface area contributed by atoms with E-state index in [1.807, 2.05) is 13.0 Å². The Bertz CT molecular complexity index is 704. The number of hydrogen-bond acceptors (Lipinski definition) is 3. The molecule has 0 saturated heterocycles. The van der Waals surface area contributed by atoms with E-state index in [9.17, 15) is 9.18 Å². The first-order chi connectivity index (χ1) is 12.0. The molecule has 134 valence electrons. The van der Waals surface area contributed by atoms with E-state index < -0.39 is 5.82 Å². The molecule has 25 heavy (non-hydrogen) atoms. The molecule has 5 nitrogen and oxygen atoms in total. The first-order valence-corrected chi connectivity index (χ1v) is 8.15. The van der Waals surface area contributed by atoms with Crippen molar-refractivity contribution in [3.8, 4) is 11.5 Å². The molecule has 0 spiro atoms. The number of benzene rings is 2. The summed E-state index contributed by atoms with van der Waals surface area (Å²) in [6, 6.07) is 12.0. The number of amides is 1. The van der Waals surface area contributed by atoms with Gasteiger partial charge in [0.2, 0.25) is 0 Å². The number of anilines is 1. The fourth-order valence-corrected chi connectivity index (χ4v) is 2.53. The van der Waals surface area contributed by atoms with Crippen LogP contribution in [0.5, 0.6) is 11.5 Å². The Hall–Kier alpha value is -2.60. The quantitative estimate of drug-likeness (QED) is 0.767. The van der Waals surface area contributed by atoms with Crippen molar-refractivity contribution in [1.29, 1.82) is 0 Å². The van der Waals surface area contributed by atoms with Crippen molar-refractivity contribution in [2.45, 2.75) is 13.5 Å². The Morgan fingerprint density at radius 1 is 1.12 bits per heavy atom. The summed E-state index contributed by atoms with van der Waals surface area (Å²) in [5.41, 5.74) is 1.55. The maximum absolute atomic E-state index is 13.8. The van der Waals surface area contributed by atoms with Gasteiger partial charge in [0.05, 0.1) is 20.8 Å². The molecule has 0 aromatic heterocycles. The predicted molar refractivity (Wildman–Crippen MR) is 94.7 cm³/mol. The van der Waals surface area contributed by atoms with E-state index in [0.717, 1.165) is 28.4 Å². The van der Waals surface area contributed by atoms with Gasteiger partial charge in [-0.15, -0.1) is 0 Å². The van der Waals surface area contributed by atoms with E-state index in [-0.39, 0.29) is 11.7 Å². The molecule has 0 radical (unpaired) electrons. The summed E-state index contributed by atoms with van der Waals surface area (Å²) in [5, 5.41) is 2.86. The van der Waals surface area contributed by atoms with Crippen LogP contribution < -0.4 is 19.7 Å². The smallest absolute Gasteiger partial charge is 0.279 e. The van der Waals surface area contributed by atoms with Crippen LogP contribution in [0.25, 0.3) is 0 Å². The van der Waals surface area contributed by atoms with Crippen molar-refractivity contribution in [2.24, 2.45) is 0 Å². The summed E-state index contributed by atoms with van der Waals surface area (Å²) in [6.07, 6.45) is 0.